The number of hydrogen-bond donors (Lipinski definition) is 1. The second-order valence-corrected chi connectivity index (χ2v) is 3.01. The quantitative estimate of drug-likeness (QED) is 0.765. The highest BCUT2D eigenvalue weighted by atomic mass is 79.9. The molecule has 58 valence electrons. The fourth-order valence-corrected chi connectivity index (χ4v) is 1.20. The molecule has 0 aliphatic carbocycles. The van der Waals surface area contributed by atoms with E-state index in [9.17, 15) is 4.79 Å². The van der Waals surface area contributed by atoms with Gasteiger partial charge in [-0.05, 0) is 33.6 Å². The van der Waals surface area contributed by atoms with Gasteiger partial charge in [-0.3, -0.25) is 0 Å². The Morgan fingerprint density at radius 1 is 1.55 bits per heavy atom. The van der Waals surface area contributed by atoms with Gasteiger partial charge in [-0.15, -0.1) is 0 Å². The molecule has 1 aromatic rings. The Morgan fingerprint density at radius 3 is 2.82 bits per heavy atom. The molecule has 0 amide bonds. The Morgan fingerprint density at radius 2 is 2.27 bits per heavy atom. The zero-order chi connectivity index (χ0) is 8.27. The van der Waals surface area contributed by atoms with Crippen LogP contribution in [0.5, 0.6) is 5.75 Å². The molecule has 0 aromatic heterocycles. The number of phenolic OH excluding ortho intramolecular Hbond substituents is 1. The molecule has 1 N–H and O–H groups in total. The fraction of sp³-hybridized carbons (Fsp3) is 0.125. The standard InChI is InChI=1S/C8H7BrO2/c9-7-5-6(3-4-10)1-2-8(7)11/h1-2,4-5,11H,3H2. The summed E-state index contributed by atoms with van der Waals surface area (Å²) < 4.78 is 0.622. The molecule has 2 nitrogen and oxygen atoms in total. The van der Waals surface area contributed by atoms with Gasteiger partial charge in [0.05, 0.1) is 4.47 Å². The van der Waals surface area contributed by atoms with Gasteiger partial charge < -0.3 is 9.90 Å². The summed E-state index contributed by atoms with van der Waals surface area (Å²) in [5.41, 5.74) is 0.893. The number of carbonyl (C=O) groups excluding carboxylic acids is 1. The molecular weight excluding hydrogens is 208 g/mol. The molecule has 0 saturated carbocycles. The van der Waals surface area contributed by atoms with E-state index in [4.69, 9.17) is 5.11 Å². The van der Waals surface area contributed by atoms with Crippen molar-refractivity contribution in [2.75, 3.05) is 0 Å². The van der Waals surface area contributed by atoms with E-state index in [2.05, 4.69) is 15.9 Å². The molecule has 0 radical (unpaired) electrons. The van der Waals surface area contributed by atoms with E-state index in [1.165, 1.54) is 0 Å². The van der Waals surface area contributed by atoms with Crippen LogP contribution in [0.3, 0.4) is 0 Å². The Hall–Kier alpha value is -0.830. The third-order valence-corrected chi connectivity index (χ3v) is 1.97. The predicted octanol–water partition coefficient (Wildman–Crippen LogP) is 1.90. The average Bonchev–Trinajstić information content (AvgIpc) is 1.98. The minimum Gasteiger partial charge on any atom is -0.507 e. The van der Waals surface area contributed by atoms with Gasteiger partial charge in [0.2, 0.25) is 0 Å². The van der Waals surface area contributed by atoms with E-state index in [1.807, 2.05) is 0 Å². The molecule has 0 spiro atoms. The molecule has 0 bridgehead atoms. The van der Waals surface area contributed by atoms with Crippen LogP contribution in [-0.2, 0) is 11.2 Å². The second kappa shape index (κ2) is 3.53. The molecule has 0 atom stereocenters. The molecule has 0 saturated heterocycles. The lowest BCUT2D eigenvalue weighted by molar-refractivity contribution is -0.107. The number of hydrogen-bond acceptors (Lipinski definition) is 2. The summed E-state index contributed by atoms with van der Waals surface area (Å²) in [4.78, 5) is 10.1. The zero-order valence-corrected chi connectivity index (χ0v) is 7.34. The largest absolute Gasteiger partial charge is 0.507 e. The van der Waals surface area contributed by atoms with Gasteiger partial charge in [0, 0.05) is 6.42 Å². The molecule has 0 aliphatic rings. The minimum atomic E-state index is 0.194. The molecule has 11 heavy (non-hydrogen) atoms. The van der Waals surface area contributed by atoms with Crippen molar-refractivity contribution in [2.24, 2.45) is 0 Å². The molecule has 3 heteroatoms. The van der Waals surface area contributed by atoms with Gasteiger partial charge in [0.15, 0.2) is 0 Å². The van der Waals surface area contributed by atoms with Crippen molar-refractivity contribution in [1.29, 1.82) is 0 Å². The van der Waals surface area contributed by atoms with E-state index in [0.717, 1.165) is 11.8 Å². The van der Waals surface area contributed by atoms with Crippen LogP contribution in [0.1, 0.15) is 5.56 Å². The van der Waals surface area contributed by atoms with E-state index in [1.54, 1.807) is 18.2 Å². The van der Waals surface area contributed by atoms with Crippen LogP contribution < -0.4 is 0 Å². The van der Waals surface area contributed by atoms with E-state index in [-0.39, 0.29) is 5.75 Å². The van der Waals surface area contributed by atoms with Crippen LogP contribution in [0.4, 0.5) is 0 Å². The summed E-state index contributed by atoms with van der Waals surface area (Å²) in [5.74, 6) is 0.194. The highest BCUT2D eigenvalue weighted by Crippen LogP contribution is 2.23. The molecule has 1 aromatic carbocycles. The molecule has 1 rings (SSSR count). The van der Waals surface area contributed by atoms with Gasteiger partial charge in [-0.2, -0.15) is 0 Å². The average molecular weight is 215 g/mol. The van der Waals surface area contributed by atoms with Gasteiger partial charge >= 0.3 is 0 Å². The third-order valence-electron chi connectivity index (χ3n) is 1.33. The number of rotatable bonds is 2. The van der Waals surface area contributed by atoms with Crippen molar-refractivity contribution in [3.8, 4) is 5.75 Å². The van der Waals surface area contributed by atoms with Crippen LogP contribution in [0, 0.1) is 0 Å². The highest BCUT2D eigenvalue weighted by Gasteiger charge is 1.97. The summed E-state index contributed by atoms with van der Waals surface area (Å²) in [7, 11) is 0. The maximum atomic E-state index is 10.1. The van der Waals surface area contributed by atoms with Gasteiger partial charge in [-0.1, -0.05) is 6.07 Å². The van der Waals surface area contributed by atoms with Crippen LogP contribution in [0.2, 0.25) is 0 Å². The molecule has 0 aliphatic heterocycles. The Balaban J connectivity index is 2.95. The first kappa shape index (κ1) is 8.27. The normalized spacial score (nSPS) is 9.55. The van der Waals surface area contributed by atoms with Crippen molar-refractivity contribution in [2.45, 2.75) is 6.42 Å². The Labute approximate surface area is 73.0 Å². The van der Waals surface area contributed by atoms with Gasteiger partial charge in [-0.25, -0.2) is 0 Å². The van der Waals surface area contributed by atoms with Crippen molar-refractivity contribution in [3.63, 3.8) is 0 Å². The first-order valence-corrected chi connectivity index (χ1v) is 3.94. The van der Waals surface area contributed by atoms with Crippen LogP contribution in [0.15, 0.2) is 22.7 Å². The van der Waals surface area contributed by atoms with E-state index < -0.39 is 0 Å². The SMILES string of the molecule is O=CCc1ccc(O)c(Br)c1. The summed E-state index contributed by atoms with van der Waals surface area (Å²) in [5, 5.41) is 9.08. The number of carbonyl (C=O) groups is 1. The number of aromatic hydroxyl groups is 1. The smallest absolute Gasteiger partial charge is 0.129 e. The zero-order valence-electron chi connectivity index (χ0n) is 5.75. The van der Waals surface area contributed by atoms with Crippen molar-refractivity contribution in [1.82, 2.24) is 0 Å². The van der Waals surface area contributed by atoms with Crippen molar-refractivity contribution in [3.05, 3.63) is 28.2 Å². The summed E-state index contributed by atoms with van der Waals surface area (Å²) >= 11 is 3.15. The topological polar surface area (TPSA) is 37.3 Å². The molecular formula is C8H7BrO2. The van der Waals surface area contributed by atoms with Crippen molar-refractivity contribution >= 4 is 22.2 Å². The summed E-state index contributed by atoms with van der Waals surface area (Å²) in [6.07, 6.45) is 1.22. The van der Waals surface area contributed by atoms with Crippen LogP contribution >= 0.6 is 15.9 Å². The highest BCUT2D eigenvalue weighted by molar-refractivity contribution is 9.10. The summed E-state index contributed by atoms with van der Waals surface area (Å²) in [6, 6.07) is 5.00. The Bertz CT molecular complexity index is 271. The maximum Gasteiger partial charge on any atom is 0.129 e. The Kier molecular flexibility index (Phi) is 2.65. The first-order chi connectivity index (χ1) is 5.24. The first-order valence-electron chi connectivity index (χ1n) is 3.15. The van der Waals surface area contributed by atoms with Gasteiger partial charge in [0.25, 0.3) is 0 Å². The fourth-order valence-electron chi connectivity index (χ4n) is 0.774. The van der Waals surface area contributed by atoms with Crippen LogP contribution in [-0.4, -0.2) is 11.4 Å². The minimum absolute atomic E-state index is 0.194. The van der Waals surface area contributed by atoms with E-state index in [0.29, 0.717) is 10.9 Å². The summed E-state index contributed by atoms with van der Waals surface area (Å²) in [6.45, 7) is 0. The predicted molar refractivity (Wildman–Crippen MR) is 45.6 cm³/mol. The number of phenols is 1. The number of aldehydes is 1. The third kappa shape index (κ3) is 2.05. The molecule has 0 fully saturated rings. The second-order valence-electron chi connectivity index (χ2n) is 2.16. The monoisotopic (exact) mass is 214 g/mol. The lowest BCUT2D eigenvalue weighted by atomic mass is 10.2. The molecule has 0 heterocycles. The van der Waals surface area contributed by atoms with Crippen LogP contribution in [0.25, 0.3) is 0 Å². The maximum absolute atomic E-state index is 10.1. The molecule has 0 unspecified atom stereocenters. The number of halogens is 1. The van der Waals surface area contributed by atoms with E-state index >= 15 is 0 Å². The number of benzene rings is 1. The van der Waals surface area contributed by atoms with Crippen molar-refractivity contribution < 1.29 is 9.90 Å². The lowest BCUT2D eigenvalue weighted by Gasteiger charge is -1.98. The lowest BCUT2D eigenvalue weighted by Crippen LogP contribution is -1.84. The van der Waals surface area contributed by atoms with Gasteiger partial charge in [0.1, 0.15) is 12.0 Å².